The number of nitrogen functional groups attached to an aromatic ring is 1. The Hall–Kier alpha value is -1.71. The smallest absolute Gasteiger partial charge is 0.230 e. The van der Waals surface area contributed by atoms with Gasteiger partial charge < -0.3 is 15.8 Å². The van der Waals surface area contributed by atoms with Gasteiger partial charge in [-0.15, -0.1) is 0 Å². The molecule has 3 N–H and O–H groups in total. The van der Waals surface area contributed by atoms with Gasteiger partial charge in [0.15, 0.2) is 5.75 Å². The predicted molar refractivity (Wildman–Crippen MR) is 72.8 cm³/mol. The molecule has 1 aromatic carbocycles. The monoisotopic (exact) mass is 248 g/mol. The maximum Gasteiger partial charge on any atom is 0.230 e. The highest BCUT2D eigenvalue weighted by molar-refractivity contribution is 5.96. The van der Waals surface area contributed by atoms with Crippen molar-refractivity contribution in [3.63, 3.8) is 0 Å². The van der Waals surface area contributed by atoms with Crippen LogP contribution in [0.25, 0.3) is 0 Å². The van der Waals surface area contributed by atoms with Crippen molar-refractivity contribution >= 4 is 17.3 Å². The average Bonchev–Trinajstić information content (AvgIpc) is 2.47. The van der Waals surface area contributed by atoms with Gasteiger partial charge >= 0.3 is 0 Å². The van der Waals surface area contributed by atoms with Crippen LogP contribution in [0.1, 0.15) is 32.3 Å². The third-order valence-corrected chi connectivity index (χ3v) is 3.18. The molecule has 1 aliphatic rings. The van der Waals surface area contributed by atoms with Gasteiger partial charge in [0.05, 0.1) is 23.9 Å². The molecule has 1 atom stereocenters. The molecule has 0 bridgehead atoms. The maximum absolute atomic E-state index is 11.8. The van der Waals surface area contributed by atoms with Gasteiger partial charge in [0.25, 0.3) is 0 Å². The molecule has 4 heteroatoms. The van der Waals surface area contributed by atoms with Gasteiger partial charge in [-0.05, 0) is 30.5 Å². The second-order valence-corrected chi connectivity index (χ2v) is 4.87. The van der Waals surface area contributed by atoms with E-state index in [-0.39, 0.29) is 11.8 Å². The molecule has 0 radical (unpaired) electrons. The van der Waals surface area contributed by atoms with E-state index < -0.39 is 0 Å². The first-order valence-electron chi connectivity index (χ1n) is 6.48. The summed E-state index contributed by atoms with van der Waals surface area (Å²) in [6.45, 7) is 4.37. The number of carbonyl (C=O) groups is 1. The molecular weight excluding hydrogens is 228 g/mol. The molecule has 1 amide bonds. The van der Waals surface area contributed by atoms with Gasteiger partial charge in [-0.3, -0.25) is 4.79 Å². The highest BCUT2D eigenvalue weighted by Gasteiger charge is 2.22. The zero-order valence-electron chi connectivity index (χ0n) is 11.0. The number of rotatable bonds is 3. The quantitative estimate of drug-likeness (QED) is 0.808. The van der Waals surface area contributed by atoms with E-state index in [1.54, 1.807) is 0 Å². The summed E-state index contributed by atoms with van der Waals surface area (Å²) in [6.07, 6.45) is 3.22. The van der Waals surface area contributed by atoms with Gasteiger partial charge in [-0.25, -0.2) is 0 Å². The van der Waals surface area contributed by atoms with Crippen LogP contribution in [0.5, 0.6) is 5.75 Å². The minimum Gasteiger partial charge on any atom is -0.488 e. The first-order valence-corrected chi connectivity index (χ1v) is 6.48. The summed E-state index contributed by atoms with van der Waals surface area (Å²) >= 11 is 0. The van der Waals surface area contributed by atoms with Crippen LogP contribution in [0.2, 0.25) is 0 Å². The number of hydrogen-bond donors (Lipinski definition) is 2. The summed E-state index contributed by atoms with van der Waals surface area (Å²) in [6, 6.07) is 3.91. The predicted octanol–water partition coefficient (Wildman–Crippen LogP) is 2.58. The fraction of sp³-hybridized carbons (Fsp3) is 0.500. The number of hydrogen-bond acceptors (Lipinski definition) is 3. The van der Waals surface area contributed by atoms with Crippen LogP contribution < -0.4 is 15.8 Å². The van der Waals surface area contributed by atoms with Gasteiger partial charge in [-0.1, -0.05) is 20.3 Å². The third-order valence-electron chi connectivity index (χ3n) is 3.18. The lowest BCUT2D eigenvalue weighted by molar-refractivity contribution is -0.119. The van der Waals surface area contributed by atoms with Crippen molar-refractivity contribution in [2.24, 2.45) is 5.92 Å². The molecule has 1 aromatic rings. The second kappa shape index (κ2) is 5.29. The summed E-state index contributed by atoms with van der Waals surface area (Å²) in [5, 5.41) is 2.89. The van der Waals surface area contributed by atoms with E-state index in [0.29, 0.717) is 23.7 Å². The molecule has 0 aliphatic carbocycles. The molecule has 0 aromatic heterocycles. The van der Waals surface area contributed by atoms with Crippen molar-refractivity contribution in [1.82, 2.24) is 0 Å². The minimum atomic E-state index is -0.157. The topological polar surface area (TPSA) is 64.3 Å². The molecule has 0 saturated carbocycles. The summed E-state index contributed by atoms with van der Waals surface area (Å²) in [7, 11) is 0. The van der Waals surface area contributed by atoms with E-state index in [1.807, 2.05) is 19.1 Å². The molecule has 0 spiro atoms. The molecule has 18 heavy (non-hydrogen) atoms. The normalized spacial score (nSPS) is 18.6. The van der Waals surface area contributed by atoms with Crippen molar-refractivity contribution in [2.45, 2.75) is 33.1 Å². The SMILES string of the molecule is CCCCc1cc(N)c2c(c1)NC(=O)C(C)CO2. The fourth-order valence-corrected chi connectivity index (χ4v) is 2.03. The summed E-state index contributed by atoms with van der Waals surface area (Å²) in [5.74, 6) is 0.435. The number of anilines is 2. The Morgan fingerprint density at radius 3 is 3.00 bits per heavy atom. The molecule has 98 valence electrons. The van der Waals surface area contributed by atoms with E-state index in [0.717, 1.165) is 24.8 Å². The minimum absolute atomic E-state index is 0.0132. The highest BCUT2D eigenvalue weighted by Crippen LogP contribution is 2.35. The largest absolute Gasteiger partial charge is 0.488 e. The van der Waals surface area contributed by atoms with E-state index in [1.165, 1.54) is 0 Å². The Morgan fingerprint density at radius 1 is 1.50 bits per heavy atom. The van der Waals surface area contributed by atoms with E-state index in [9.17, 15) is 4.79 Å². The highest BCUT2D eigenvalue weighted by atomic mass is 16.5. The number of fused-ring (bicyclic) bond motifs is 1. The number of nitrogens with one attached hydrogen (secondary N) is 1. The number of amides is 1. The Morgan fingerprint density at radius 2 is 2.28 bits per heavy atom. The van der Waals surface area contributed by atoms with Gasteiger partial charge in [-0.2, -0.15) is 0 Å². The molecule has 4 nitrogen and oxygen atoms in total. The van der Waals surface area contributed by atoms with Gasteiger partial charge in [0.2, 0.25) is 5.91 Å². The summed E-state index contributed by atoms with van der Waals surface area (Å²) < 4.78 is 5.61. The van der Waals surface area contributed by atoms with Crippen LogP contribution in [0, 0.1) is 5.92 Å². The van der Waals surface area contributed by atoms with Crippen LogP contribution in [-0.4, -0.2) is 12.5 Å². The zero-order valence-corrected chi connectivity index (χ0v) is 11.0. The lowest BCUT2D eigenvalue weighted by Gasteiger charge is -2.12. The van der Waals surface area contributed by atoms with Crippen molar-refractivity contribution in [2.75, 3.05) is 17.7 Å². The van der Waals surface area contributed by atoms with Crippen molar-refractivity contribution in [3.05, 3.63) is 17.7 Å². The number of nitrogens with two attached hydrogens (primary N) is 1. The first kappa shape index (κ1) is 12.7. The number of carbonyl (C=O) groups excluding carboxylic acids is 1. The molecule has 2 rings (SSSR count). The molecule has 0 fully saturated rings. The lowest BCUT2D eigenvalue weighted by Crippen LogP contribution is -2.22. The summed E-state index contributed by atoms with van der Waals surface area (Å²) in [4.78, 5) is 11.8. The number of ether oxygens (including phenoxy) is 1. The fourth-order valence-electron chi connectivity index (χ4n) is 2.03. The Labute approximate surface area is 108 Å². The lowest BCUT2D eigenvalue weighted by atomic mass is 10.1. The van der Waals surface area contributed by atoms with Gasteiger partial charge in [0, 0.05) is 0 Å². The van der Waals surface area contributed by atoms with Crippen LogP contribution in [0.15, 0.2) is 12.1 Å². The third kappa shape index (κ3) is 2.58. The number of aryl methyl sites for hydroxylation is 1. The summed E-state index contributed by atoms with van der Waals surface area (Å²) in [5.41, 5.74) is 8.45. The molecule has 0 saturated heterocycles. The van der Waals surface area contributed by atoms with E-state index in [2.05, 4.69) is 12.2 Å². The van der Waals surface area contributed by atoms with Crippen LogP contribution in [0.4, 0.5) is 11.4 Å². The first-order chi connectivity index (χ1) is 8.61. The van der Waals surface area contributed by atoms with Crippen LogP contribution in [0.3, 0.4) is 0 Å². The van der Waals surface area contributed by atoms with Crippen molar-refractivity contribution in [3.8, 4) is 5.75 Å². The van der Waals surface area contributed by atoms with Crippen molar-refractivity contribution < 1.29 is 9.53 Å². The van der Waals surface area contributed by atoms with Crippen LogP contribution >= 0.6 is 0 Å². The zero-order chi connectivity index (χ0) is 13.1. The second-order valence-electron chi connectivity index (χ2n) is 4.87. The molecule has 1 heterocycles. The van der Waals surface area contributed by atoms with Crippen LogP contribution in [-0.2, 0) is 11.2 Å². The average molecular weight is 248 g/mol. The molecular formula is C14H20N2O2. The Balaban J connectivity index is 2.31. The molecule has 1 unspecified atom stereocenters. The number of benzene rings is 1. The number of unbranched alkanes of at least 4 members (excludes halogenated alkanes) is 1. The van der Waals surface area contributed by atoms with E-state index >= 15 is 0 Å². The Bertz CT molecular complexity index is 457. The standard InChI is InChI=1S/C14H20N2O2/c1-3-4-5-10-6-11(15)13-12(7-10)16-14(17)9(2)8-18-13/h6-7,9H,3-5,8,15H2,1-2H3,(H,16,17). The maximum atomic E-state index is 11.8. The van der Waals surface area contributed by atoms with E-state index in [4.69, 9.17) is 10.5 Å². The van der Waals surface area contributed by atoms with Gasteiger partial charge in [0.1, 0.15) is 0 Å². The Kier molecular flexibility index (Phi) is 3.75. The molecule has 1 aliphatic heterocycles. The van der Waals surface area contributed by atoms with Crippen molar-refractivity contribution in [1.29, 1.82) is 0 Å².